The number of nitrogens with two attached hydrogens (primary N) is 1. The second kappa shape index (κ2) is 5.16. The molecule has 5 heteroatoms. The average Bonchev–Trinajstić information content (AvgIpc) is 2.71. The van der Waals surface area contributed by atoms with Crippen LogP contribution in [0.1, 0.15) is 18.5 Å². The van der Waals surface area contributed by atoms with E-state index in [0.717, 1.165) is 19.6 Å². The molecule has 1 aliphatic rings. The second-order valence-electron chi connectivity index (χ2n) is 5.02. The lowest BCUT2D eigenvalue weighted by molar-refractivity contribution is 0.0741. The van der Waals surface area contributed by atoms with Crippen LogP contribution in [-0.2, 0) is 7.05 Å². The Morgan fingerprint density at radius 3 is 2.76 bits per heavy atom. The molecular formula is C12H23N5. The Labute approximate surface area is 103 Å². The van der Waals surface area contributed by atoms with Gasteiger partial charge in [0, 0.05) is 51.0 Å². The van der Waals surface area contributed by atoms with Gasteiger partial charge in [-0.1, -0.05) is 0 Å². The van der Waals surface area contributed by atoms with Gasteiger partial charge in [-0.15, -0.1) is 0 Å². The predicted molar refractivity (Wildman–Crippen MR) is 68.7 cm³/mol. The van der Waals surface area contributed by atoms with Gasteiger partial charge in [-0.25, -0.2) is 0 Å². The molecule has 1 saturated heterocycles. The minimum Gasteiger partial charge on any atom is -0.329 e. The van der Waals surface area contributed by atoms with Crippen LogP contribution in [0.5, 0.6) is 0 Å². The number of aromatic nitrogens is 2. The quantitative estimate of drug-likeness (QED) is 0.807. The van der Waals surface area contributed by atoms with Gasteiger partial charge in [-0.3, -0.25) is 9.58 Å². The molecule has 1 aromatic rings. The molecule has 0 aliphatic carbocycles. The summed E-state index contributed by atoms with van der Waals surface area (Å²) in [7, 11) is 4.13. The molecule has 1 aromatic heterocycles. The van der Waals surface area contributed by atoms with Crippen molar-refractivity contribution in [3.8, 4) is 0 Å². The van der Waals surface area contributed by atoms with Crippen molar-refractivity contribution in [2.75, 3.05) is 33.2 Å². The Kier molecular flexibility index (Phi) is 3.81. The third-order valence-corrected chi connectivity index (χ3v) is 3.76. The van der Waals surface area contributed by atoms with E-state index < -0.39 is 0 Å². The normalized spacial score (nSPS) is 25.1. The number of piperazine rings is 1. The largest absolute Gasteiger partial charge is 0.329 e. The van der Waals surface area contributed by atoms with Crippen LogP contribution in [-0.4, -0.2) is 58.8 Å². The van der Waals surface area contributed by atoms with Gasteiger partial charge in [0.25, 0.3) is 0 Å². The highest BCUT2D eigenvalue weighted by molar-refractivity contribution is 5.11. The zero-order valence-electron chi connectivity index (χ0n) is 11.0. The van der Waals surface area contributed by atoms with Gasteiger partial charge >= 0.3 is 0 Å². The highest BCUT2D eigenvalue weighted by atomic mass is 15.3. The van der Waals surface area contributed by atoms with Gasteiger partial charge in [0.05, 0.1) is 12.2 Å². The number of rotatable bonds is 3. The van der Waals surface area contributed by atoms with E-state index in [1.54, 1.807) is 0 Å². The molecule has 0 radical (unpaired) electrons. The number of likely N-dealkylation sites (N-methyl/N-ethyl adjacent to an activating group) is 1. The molecule has 2 heterocycles. The van der Waals surface area contributed by atoms with Crippen molar-refractivity contribution in [2.45, 2.75) is 19.0 Å². The van der Waals surface area contributed by atoms with Crippen LogP contribution in [0.25, 0.3) is 0 Å². The molecule has 0 aromatic carbocycles. The van der Waals surface area contributed by atoms with Crippen LogP contribution < -0.4 is 5.73 Å². The first-order chi connectivity index (χ1) is 8.11. The van der Waals surface area contributed by atoms with E-state index in [-0.39, 0.29) is 0 Å². The number of aryl methyl sites for hydroxylation is 1. The summed E-state index contributed by atoms with van der Waals surface area (Å²) in [6, 6.07) is 0.898. The van der Waals surface area contributed by atoms with Crippen molar-refractivity contribution in [3.05, 3.63) is 18.0 Å². The lowest BCUT2D eigenvalue weighted by atomic mass is 10.1. The summed E-state index contributed by atoms with van der Waals surface area (Å²) in [6.07, 6.45) is 4.00. The maximum absolute atomic E-state index is 5.93. The molecule has 96 valence electrons. The SMILES string of the molecule is CC1CN(C(CN)c2cnn(C)c2)CCN1C. The summed E-state index contributed by atoms with van der Waals surface area (Å²) >= 11 is 0. The Hall–Kier alpha value is -0.910. The fraction of sp³-hybridized carbons (Fsp3) is 0.750. The van der Waals surface area contributed by atoms with Gasteiger partial charge in [-0.2, -0.15) is 5.10 Å². The fourth-order valence-corrected chi connectivity index (χ4v) is 2.47. The van der Waals surface area contributed by atoms with Crippen LogP contribution in [0.3, 0.4) is 0 Å². The van der Waals surface area contributed by atoms with Gasteiger partial charge in [-0.05, 0) is 14.0 Å². The molecule has 2 rings (SSSR count). The average molecular weight is 237 g/mol. The minimum atomic E-state index is 0.305. The molecule has 2 atom stereocenters. The monoisotopic (exact) mass is 237 g/mol. The Morgan fingerprint density at radius 1 is 1.47 bits per heavy atom. The summed E-state index contributed by atoms with van der Waals surface area (Å²) in [4.78, 5) is 4.87. The van der Waals surface area contributed by atoms with Crippen LogP contribution in [0.2, 0.25) is 0 Å². The van der Waals surface area contributed by atoms with E-state index in [0.29, 0.717) is 18.6 Å². The first kappa shape index (κ1) is 12.5. The van der Waals surface area contributed by atoms with Crippen molar-refractivity contribution in [2.24, 2.45) is 12.8 Å². The predicted octanol–water partition coefficient (Wildman–Crippen LogP) is 0.0558. The summed E-state index contributed by atoms with van der Waals surface area (Å²) in [5, 5.41) is 4.24. The third kappa shape index (κ3) is 2.68. The van der Waals surface area contributed by atoms with Crippen molar-refractivity contribution in [1.82, 2.24) is 19.6 Å². The fourth-order valence-electron chi connectivity index (χ4n) is 2.47. The smallest absolute Gasteiger partial charge is 0.0538 e. The first-order valence-corrected chi connectivity index (χ1v) is 6.24. The highest BCUT2D eigenvalue weighted by Gasteiger charge is 2.27. The van der Waals surface area contributed by atoms with Crippen molar-refractivity contribution in [1.29, 1.82) is 0 Å². The molecule has 2 N–H and O–H groups in total. The summed E-state index contributed by atoms with van der Waals surface area (Å²) in [5.41, 5.74) is 7.16. The van der Waals surface area contributed by atoms with Crippen LogP contribution >= 0.6 is 0 Å². The van der Waals surface area contributed by atoms with Crippen molar-refractivity contribution < 1.29 is 0 Å². The summed E-state index contributed by atoms with van der Waals surface area (Å²) < 4.78 is 1.84. The Bertz CT molecular complexity index is 362. The van der Waals surface area contributed by atoms with E-state index in [1.165, 1.54) is 5.56 Å². The van der Waals surface area contributed by atoms with E-state index in [9.17, 15) is 0 Å². The molecule has 0 spiro atoms. The number of hydrogen-bond donors (Lipinski definition) is 1. The molecule has 0 bridgehead atoms. The lowest BCUT2D eigenvalue weighted by Gasteiger charge is -2.41. The number of hydrogen-bond acceptors (Lipinski definition) is 4. The highest BCUT2D eigenvalue weighted by Crippen LogP contribution is 2.22. The zero-order valence-corrected chi connectivity index (χ0v) is 11.0. The summed E-state index contributed by atoms with van der Waals surface area (Å²) in [6.45, 7) is 6.19. The maximum atomic E-state index is 5.93. The molecular weight excluding hydrogens is 214 g/mol. The Morgan fingerprint density at radius 2 is 2.24 bits per heavy atom. The van der Waals surface area contributed by atoms with Crippen LogP contribution in [0.15, 0.2) is 12.4 Å². The third-order valence-electron chi connectivity index (χ3n) is 3.76. The van der Waals surface area contributed by atoms with Crippen LogP contribution in [0, 0.1) is 0 Å². The Balaban J connectivity index is 2.08. The molecule has 1 fully saturated rings. The van der Waals surface area contributed by atoms with E-state index in [1.807, 2.05) is 17.9 Å². The van der Waals surface area contributed by atoms with Gasteiger partial charge in [0.2, 0.25) is 0 Å². The molecule has 5 nitrogen and oxygen atoms in total. The van der Waals surface area contributed by atoms with Gasteiger partial charge in [0.15, 0.2) is 0 Å². The minimum absolute atomic E-state index is 0.305. The first-order valence-electron chi connectivity index (χ1n) is 6.24. The van der Waals surface area contributed by atoms with Crippen molar-refractivity contribution >= 4 is 0 Å². The summed E-state index contributed by atoms with van der Waals surface area (Å²) in [5.74, 6) is 0. The van der Waals surface area contributed by atoms with E-state index in [2.05, 4.69) is 35.1 Å². The molecule has 1 aliphatic heterocycles. The van der Waals surface area contributed by atoms with Crippen molar-refractivity contribution in [3.63, 3.8) is 0 Å². The van der Waals surface area contributed by atoms with Gasteiger partial charge < -0.3 is 10.6 Å². The lowest BCUT2D eigenvalue weighted by Crippen LogP contribution is -2.52. The molecule has 0 amide bonds. The van der Waals surface area contributed by atoms with Gasteiger partial charge in [0.1, 0.15) is 0 Å². The molecule has 17 heavy (non-hydrogen) atoms. The number of nitrogens with zero attached hydrogens (tertiary/aromatic N) is 4. The van der Waals surface area contributed by atoms with E-state index >= 15 is 0 Å². The van der Waals surface area contributed by atoms with E-state index in [4.69, 9.17) is 5.73 Å². The zero-order chi connectivity index (χ0) is 12.4. The second-order valence-corrected chi connectivity index (χ2v) is 5.02. The standard InChI is InChI=1S/C12H23N5/c1-10-8-17(5-4-15(10)2)12(6-13)11-7-14-16(3)9-11/h7,9-10,12H,4-6,8,13H2,1-3H3. The topological polar surface area (TPSA) is 50.3 Å². The molecule has 2 unspecified atom stereocenters. The van der Waals surface area contributed by atoms with Crippen LogP contribution in [0.4, 0.5) is 0 Å². The maximum Gasteiger partial charge on any atom is 0.0538 e. The molecule has 0 saturated carbocycles.